The minimum absolute atomic E-state index is 0.00898. The van der Waals surface area contributed by atoms with Crippen molar-refractivity contribution in [2.24, 2.45) is 0 Å². The van der Waals surface area contributed by atoms with Crippen LogP contribution in [0, 0.1) is 0 Å². The van der Waals surface area contributed by atoms with Crippen molar-refractivity contribution < 1.29 is 9.53 Å². The molecule has 3 heterocycles. The Labute approximate surface area is 188 Å². The Hall–Kier alpha value is -2.35. The number of ether oxygens (including phenoxy) is 1. The van der Waals surface area contributed by atoms with Crippen molar-refractivity contribution in [2.45, 2.75) is 25.7 Å². The largest absolute Gasteiger partial charge is 0.496 e. The second kappa shape index (κ2) is 8.06. The summed E-state index contributed by atoms with van der Waals surface area (Å²) in [5.74, 6) is 0.779. The minimum Gasteiger partial charge on any atom is -0.496 e. The van der Waals surface area contributed by atoms with Crippen LogP contribution in [0.2, 0.25) is 0 Å². The van der Waals surface area contributed by atoms with Crippen molar-refractivity contribution in [3.8, 4) is 5.75 Å². The van der Waals surface area contributed by atoms with Crippen molar-refractivity contribution >= 4 is 38.2 Å². The maximum atomic E-state index is 13.0. The first kappa shape index (κ1) is 19.6. The summed E-state index contributed by atoms with van der Waals surface area (Å²) in [5, 5.41) is 7.63. The zero-order valence-electron chi connectivity index (χ0n) is 16.6. The van der Waals surface area contributed by atoms with Crippen molar-refractivity contribution in [1.29, 1.82) is 0 Å². The van der Waals surface area contributed by atoms with Crippen LogP contribution in [0.4, 0.5) is 5.00 Å². The van der Waals surface area contributed by atoms with E-state index in [-0.39, 0.29) is 12.1 Å². The summed E-state index contributed by atoms with van der Waals surface area (Å²) in [6, 6.07) is 16.4. The van der Waals surface area contributed by atoms with E-state index in [1.807, 2.05) is 24.3 Å². The molecule has 0 saturated carbocycles. The second-order valence-corrected chi connectivity index (χ2v) is 9.56. The van der Waals surface area contributed by atoms with Crippen molar-refractivity contribution in [3.63, 3.8) is 0 Å². The topological polar surface area (TPSA) is 53.6 Å². The van der Waals surface area contributed by atoms with Crippen LogP contribution in [0.5, 0.6) is 5.75 Å². The normalized spacial score (nSPS) is 18.2. The number of anilines is 1. The number of hydrogen-bond acceptors (Lipinski definition) is 5. The molecule has 2 N–H and O–H groups in total. The lowest BCUT2D eigenvalue weighted by molar-refractivity contribution is 0.0934. The van der Waals surface area contributed by atoms with Crippen LogP contribution < -0.4 is 15.4 Å². The predicted molar refractivity (Wildman–Crippen MR) is 123 cm³/mol. The summed E-state index contributed by atoms with van der Waals surface area (Å²) in [6.07, 6.45) is 0.648. The molecule has 0 spiro atoms. The lowest BCUT2D eigenvalue weighted by Gasteiger charge is -2.28. The highest BCUT2D eigenvalue weighted by atomic mass is 79.9. The van der Waals surface area contributed by atoms with Gasteiger partial charge < -0.3 is 15.4 Å². The van der Waals surface area contributed by atoms with Crippen molar-refractivity contribution in [3.05, 3.63) is 80.1 Å². The molecule has 5 rings (SSSR count). The molecule has 0 saturated heterocycles. The maximum absolute atomic E-state index is 13.0. The van der Waals surface area contributed by atoms with Crippen LogP contribution in [-0.4, -0.2) is 24.5 Å². The monoisotopic (exact) mass is 483 g/mol. The highest BCUT2D eigenvalue weighted by molar-refractivity contribution is 9.10. The zero-order chi connectivity index (χ0) is 20.7. The van der Waals surface area contributed by atoms with Gasteiger partial charge in [0.25, 0.3) is 5.91 Å². The molecule has 7 heteroatoms. The molecule has 3 aromatic rings. The molecule has 2 aromatic carbocycles. The van der Waals surface area contributed by atoms with E-state index in [1.165, 1.54) is 16.0 Å². The van der Waals surface area contributed by atoms with E-state index in [0.717, 1.165) is 52.4 Å². The van der Waals surface area contributed by atoms with Gasteiger partial charge in [-0.15, -0.1) is 11.3 Å². The van der Waals surface area contributed by atoms with Gasteiger partial charge in [0.15, 0.2) is 0 Å². The maximum Gasteiger partial charge on any atom is 0.256 e. The van der Waals surface area contributed by atoms with Gasteiger partial charge in [0.1, 0.15) is 16.9 Å². The average Bonchev–Trinajstić information content (AvgIpc) is 3.12. The lowest BCUT2D eigenvalue weighted by atomic mass is 10.00. The summed E-state index contributed by atoms with van der Waals surface area (Å²) in [6.45, 7) is 2.79. The summed E-state index contributed by atoms with van der Waals surface area (Å²) < 4.78 is 6.18. The number of halogens is 1. The Morgan fingerprint density at radius 2 is 2.03 bits per heavy atom. The number of methoxy groups -OCH3 is 1. The third-order valence-corrected chi connectivity index (χ3v) is 7.44. The van der Waals surface area contributed by atoms with Gasteiger partial charge >= 0.3 is 0 Å². The fraction of sp³-hybridized carbons (Fsp3) is 0.261. The number of carbonyl (C=O) groups excluding carboxylic acids is 1. The summed E-state index contributed by atoms with van der Waals surface area (Å²) in [7, 11) is 1.64. The molecule has 1 atom stereocenters. The Morgan fingerprint density at radius 1 is 1.20 bits per heavy atom. The number of nitrogens with one attached hydrogen (secondary N) is 2. The van der Waals surface area contributed by atoms with Crippen LogP contribution in [-0.2, 0) is 19.5 Å². The van der Waals surface area contributed by atoms with Crippen LogP contribution in [0.15, 0.2) is 53.0 Å². The van der Waals surface area contributed by atoms with E-state index < -0.39 is 0 Å². The summed E-state index contributed by atoms with van der Waals surface area (Å²) in [4.78, 5) is 16.7. The SMILES string of the molecule is COc1ccc([C@H]2NC(=O)c3c(sc4c3CCN(Cc3ccccc3)C4)N2)cc1Br. The number of carbonyl (C=O) groups is 1. The van der Waals surface area contributed by atoms with Crippen LogP contribution in [0.3, 0.4) is 0 Å². The molecule has 154 valence electrons. The number of benzene rings is 2. The van der Waals surface area contributed by atoms with Gasteiger partial charge in [-0.05, 0) is 51.2 Å². The molecular formula is C23H22BrN3O2S. The smallest absolute Gasteiger partial charge is 0.256 e. The van der Waals surface area contributed by atoms with E-state index in [9.17, 15) is 4.79 Å². The van der Waals surface area contributed by atoms with Gasteiger partial charge in [-0.1, -0.05) is 36.4 Å². The zero-order valence-corrected chi connectivity index (χ0v) is 19.0. The third kappa shape index (κ3) is 3.62. The fourth-order valence-electron chi connectivity index (χ4n) is 4.17. The highest BCUT2D eigenvalue weighted by Crippen LogP contribution is 2.41. The fourth-order valence-corrected chi connectivity index (χ4v) is 6.05. The number of rotatable bonds is 4. The first-order chi connectivity index (χ1) is 14.6. The van der Waals surface area contributed by atoms with E-state index in [0.29, 0.717) is 0 Å². The molecule has 1 aromatic heterocycles. The molecule has 0 aliphatic carbocycles. The van der Waals surface area contributed by atoms with Gasteiger partial charge in [0.05, 0.1) is 17.1 Å². The van der Waals surface area contributed by atoms with Gasteiger partial charge in [0.2, 0.25) is 0 Å². The Morgan fingerprint density at radius 3 is 2.80 bits per heavy atom. The molecule has 1 amide bonds. The molecule has 0 fully saturated rings. The summed E-state index contributed by atoms with van der Waals surface area (Å²) in [5.41, 5.74) is 4.35. The van der Waals surface area contributed by atoms with Gasteiger partial charge in [-0.2, -0.15) is 0 Å². The average molecular weight is 484 g/mol. The highest BCUT2D eigenvalue weighted by Gasteiger charge is 2.33. The molecule has 30 heavy (non-hydrogen) atoms. The van der Waals surface area contributed by atoms with E-state index in [1.54, 1.807) is 18.4 Å². The Balaban J connectivity index is 1.37. The second-order valence-electron chi connectivity index (χ2n) is 7.60. The van der Waals surface area contributed by atoms with Crippen LogP contribution in [0.1, 0.15) is 38.1 Å². The van der Waals surface area contributed by atoms with E-state index in [2.05, 4.69) is 55.7 Å². The first-order valence-electron chi connectivity index (χ1n) is 9.94. The van der Waals surface area contributed by atoms with Gasteiger partial charge in [-0.3, -0.25) is 9.69 Å². The molecular weight excluding hydrogens is 462 g/mol. The molecule has 2 aliphatic rings. The number of amides is 1. The summed E-state index contributed by atoms with van der Waals surface area (Å²) >= 11 is 5.25. The first-order valence-corrected chi connectivity index (χ1v) is 11.5. The van der Waals surface area contributed by atoms with Crippen LogP contribution >= 0.6 is 27.3 Å². The molecule has 0 bridgehead atoms. The third-order valence-electron chi connectivity index (χ3n) is 5.67. The van der Waals surface area contributed by atoms with Crippen molar-refractivity contribution in [1.82, 2.24) is 10.2 Å². The lowest BCUT2D eigenvalue weighted by Crippen LogP contribution is -2.38. The van der Waals surface area contributed by atoms with E-state index >= 15 is 0 Å². The van der Waals surface area contributed by atoms with Crippen LogP contribution in [0.25, 0.3) is 0 Å². The quantitative estimate of drug-likeness (QED) is 0.552. The number of fused-ring (bicyclic) bond motifs is 3. The number of hydrogen-bond donors (Lipinski definition) is 2. The minimum atomic E-state index is -0.257. The standard InChI is InChI=1S/C23H22BrN3O2S/c1-29-18-8-7-15(11-17(18)24)21-25-22(28)20-16-9-10-27(12-14-5-3-2-4-6-14)13-19(16)30-23(20)26-21/h2-8,11,21,26H,9-10,12-13H2,1H3,(H,25,28)/t21-/m0/s1. The Kier molecular flexibility index (Phi) is 5.26. The molecule has 0 unspecified atom stereocenters. The van der Waals surface area contributed by atoms with Gasteiger partial charge in [0, 0.05) is 24.5 Å². The van der Waals surface area contributed by atoms with Gasteiger partial charge in [-0.25, -0.2) is 0 Å². The van der Waals surface area contributed by atoms with E-state index in [4.69, 9.17) is 4.74 Å². The Bertz CT molecular complexity index is 1100. The molecule has 5 nitrogen and oxygen atoms in total. The van der Waals surface area contributed by atoms with Crippen molar-refractivity contribution in [2.75, 3.05) is 19.0 Å². The number of nitrogens with zero attached hydrogens (tertiary/aromatic N) is 1. The number of thiophene rings is 1. The molecule has 2 aliphatic heterocycles. The molecule has 0 radical (unpaired) electrons. The predicted octanol–water partition coefficient (Wildman–Crippen LogP) is 4.93.